The summed E-state index contributed by atoms with van der Waals surface area (Å²) in [5.74, 6) is -4.86. The summed E-state index contributed by atoms with van der Waals surface area (Å²) >= 11 is 22.7. The summed E-state index contributed by atoms with van der Waals surface area (Å²) in [5, 5.41) is 48.5. The number of esters is 3. The van der Waals surface area contributed by atoms with Gasteiger partial charge in [0.05, 0.1) is 71.4 Å². The number of carbonyl (C=O) groups excluding carboxylic acids is 7. The predicted molar refractivity (Wildman–Crippen MR) is 479 cm³/mol. The van der Waals surface area contributed by atoms with E-state index < -0.39 is 29.6 Å². The highest BCUT2D eigenvalue weighted by atomic mass is 127. The third-order valence-electron chi connectivity index (χ3n) is 12.0. The van der Waals surface area contributed by atoms with Crippen LogP contribution in [0.5, 0.6) is 11.5 Å². The summed E-state index contributed by atoms with van der Waals surface area (Å²) in [6.45, 7) is 30.6. The fourth-order valence-electron chi connectivity index (χ4n) is 7.89. The van der Waals surface area contributed by atoms with Crippen LogP contribution in [0, 0.1) is 39.3 Å². The molecule has 1 aromatic heterocycles. The van der Waals surface area contributed by atoms with Crippen LogP contribution >= 0.6 is 248 Å². The molecule has 7 rings (SSSR count). The lowest BCUT2D eigenvalue weighted by Gasteiger charge is -2.42. The van der Waals surface area contributed by atoms with E-state index in [0.29, 0.717) is 27.1 Å². The fraction of sp³-hybridized carbons (Fsp3) is 0.279. The van der Waals surface area contributed by atoms with Crippen molar-refractivity contribution in [3.05, 3.63) is 179 Å². The molecule has 1 saturated heterocycles. The van der Waals surface area contributed by atoms with E-state index >= 15 is 0 Å². The SMILES string of the molecule is C=C(C)C(=O)OC1CC(C)(C)[NH2+]C(C)(C)C1.C=C(C)C(=O)OCC[NH+](C)C.C=C[n+]1cc[nH]c1.C=Cc1ccc([NH3+])cc1.CC(=O)Nc1c(I)cc(I)c(NC(C)=O)c1I.O=C(O)c1cc(I)cc(I)c1[O-].O=C([O-])CCC(=O)Oc1c(I)cc(I)cc1I.O=C([O-])c1cc(I)cc(I)c1I. The van der Waals surface area contributed by atoms with Gasteiger partial charge in [-0.15, -0.1) is 0 Å². The van der Waals surface area contributed by atoms with E-state index in [2.05, 4.69) is 261 Å². The van der Waals surface area contributed by atoms with Gasteiger partial charge in [0, 0.05) is 77.9 Å². The number of nitrogens with two attached hydrogens (primary N) is 1. The van der Waals surface area contributed by atoms with Gasteiger partial charge in [0.2, 0.25) is 18.1 Å². The van der Waals surface area contributed by atoms with Crippen LogP contribution in [-0.4, -0.2) is 102 Å². The number of halogens is 11. The largest absolute Gasteiger partial charge is 0.871 e. The lowest BCUT2D eigenvalue weighted by atomic mass is 9.81. The van der Waals surface area contributed by atoms with Crippen molar-refractivity contribution in [1.29, 1.82) is 0 Å². The van der Waals surface area contributed by atoms with Gasteiger partial charge in [-0.25, -0.2) is 23.9 Å². The maximum atomic E-state index is 11.5. The van der Waals surface area contributed by atoms with Gasteiger partial charge in [-0.2, -0.15) is 0 Å². The number of carbonyl (C=O) groups is 8. The summed E-state index contributed by atoms with van der Waals surface area (Å²) in [4.78, 5) is 91.4. The number of H-pyrrole nitrogens is 1. The molecule has 2 amide bonds. The first kappa shape index (κ1) is 98.7. The Hall–Kier alpha value is -2.26. The van der Waals surface area contributed by atoms with Crippen LogP contribution in [0.2, 0.25) is 0 Å². The topological polar surface area (TPSA) is 346 Å². The maximum Gasteiger partial charge on any atom is 0.335 e. The highest BCUT2D eigenvalue weighted by Gasteiger charge is 2.43. The number of anilines is 2. The van der Waals surface area contributed by atoms with E-state index in [1.54, 1.807) is 32.2 Å². The Morgan fingerprint density at radius 2 is 1.15 bits per heavy atom. The number of nitrogens with one attached hydrogen (secondary N) is 4. The van der Waals surface area contributed by atoms with Gasteiger partial charge < -0.3 is 70.8 Å². The molecule has 0 spiro atoms. The Morgan fingerprint density at radius 1 is 0.683 bits per heavy atom. The second-order valence-corrected chi connectivity index (χ2v) is 35.7. The fourth-order valence-corrected chi connectivity index (χ4v) is 19.8. The number of likely N-dealkylation sites (N-methyl/N-ethyl adjacent to an activating group) is 1. The molecule has 10 N–H and O–H groups in total. The van der Waals surface area contributed by atoms with E-state index in [9.17, 15) is 53.7 Å². The molecule has 0 atom stereocenters. The standard InChI is InChI=1S/C13H23NO2.C10H9I3N2O2.C10H7I3O4.C8H15NO2.C8H9N.C7H3I3O2.C7H4I2O3.C5H6N2/c1-9(2)11(15)16-10-7-12(3,4)14-13(5,6)8-10;1-4(16)14-9-6(11)3-7(12)10(8(9)13)15-5(2)17;11-5-3-6(12)10(7(13)4-5)17-9(16)2-1-8(14)15;1-7(2)8(10)11-6-5-9(3)4;1-2-7-3-5-8(9)6-4-7;2*8-3-1-4(7(11)12)6(10)5(9)2-3;1-2-7-4-3-6-5-7/h10,14H,1,7-8H2,2-6H3;3H,1-2H3,(H,14,16)(H,15,17);3-4H,1-2H2,(H,14,15);1,5-6H2,2-4H3;2-6H,1,9H2;1-2H,(H,11,12);1-2,10H,(H,11,12);2-5H,1H2/p+1. The number of carboxylic acids is 3. The smallest absolute Gasteiger partial charge is 0.335 e. The third-order valence-corrected chi connectivity index (χ3v) is 22.1. The van der Waals surface area contributed by atoms with Crippen LogP contribution in [0.25, 0.3) is 12.3 Å². The molecular weight excluding hydrogens is 2550 g/mol. The lowest BCUT2D eigenvalue weighted by molar-refractivity contribution is -0.858. The highest BCUT2D eigenvalue weighted by Crippen LogP contribution is 2.36. The normalized spacial score (nSPS) is 12.0. The van der Waals surface area contributed by atoms with Crippen molar-refractivity contribution in [3.8, 4) is 11.5 Å². The van der Waals surface area contributed by atoms with Crippen LogP contribution in [0.1, 0.15) is 107 Å². The Kier molecular flexibility index (Phi) is 49.3. The zero-order valence-electron chi connectivity index (χ0n) is 56.4. The number of aromatic nitrogens is 2. The van der Waals surface area contributed by atoms with Gasteiger partial charge in [-0.05, 0) is 369 Å². The average molecular weight is 2630 g/mol. The molecule has 5 aromatic carbocycles. The maximum absolute atomic E-state index is 11.5. The molecule has 0 unspecified atom stereocenters. The average Bonchev–Trinajstić information content (AvgIpc) is 0.960. The van der Waals surface area contributed by atoms with Gasteiger partial charge >= 0.3 is 23.9 Å². The molecule has 2 heterocycles. The molecule has 550 valence electrons. The van der Waals surface area contributed by atoms with Gasteiger partial charge in [-0.1, -0.05) is 38.1 Å². The first-order chi connectivity index (χ1) is 46.7. The predicted octanol–water partition coefficient (Wildman–Crippen LogP) is 11.1. The number of rotatable bonds is 16. The number of quaternary nitrogens is 3. The summed E-state index contributed by atoms with van der Waals surface area (Å²) in [6, 6.07) is 20.2. The van der Waals surface area contributed by atoms with Crippen molar-refractivity contribution in [3.63, 3.8) is 0 Å². The highest BCUT2D eigenvalue weighted by molar-refractivity contribution is 14.1. The second-order valence-electron chi connectivity index (χ2n) is 22.8. The number of benzene rings is 5. The van der Waals surface area contributed by atoms with Crippen molar-refractivity contribution in [2.24, 2.45) is 0 Å². The molecule has 1 aliphatic heterocycles. The van der Waals surface area contributed by atoms with Gasteiger partial charge in [0.25, 0.3) is 0 Å². The molecule has 6 aromatic rings. The molecule has 22 nitrogen and oxygen atoms in total. The number of aromatic carboxylic acids is 2. The minimum atomic E-state index is -1.26. The number of hydrogen-bond acceptors (Lipinski definition) is 14. The monoisotopic (exact) mass is 2630 g/mol. The molecule has 0 saturated carbocycles. The quantitative estimate of drug-likeness (QED) is 0.0118. The molecule has 0 radical (unpaired) electrons. The summed E-state index contributed by atoms with van der Waals surface area (Å²) in [5.41, 5.74) is 8.72. The number of imidazole rings is 1. The van der Waals surface area contributed by atoms with Gasteiger partial charge in [-0.3, -0.25) is 14.4 Å². The van der Waals surface area contributed by atoms with E-state index in [1.165, 1.54) is 24.8 Å². The molecule has 1 fully saturated rings. The number of aromatic amines is 1. The summed E-state index contributed by atoms with van der Waals surface area (Å²) in [6.07, 6.45) is 10.4. The summed E-state index contributed by atoms with van der Waals surface area (Å²) in [7, 11) is 4.02. The van der Waals surface area contributed by atoms with Crippen LogP contribution in [0.3, 0.4) is 0 Å². The summed E-state index contributed by atoms with van der Waals surface area (Å²) < 4.78 is 26.5. The Balaban J connectivity index is 0.00000115. The van der Waals surface area contributed by atoms with Crippen molar-refractivity contribution in [1.82, 2.24) is 4.98 Å². The first-order valence-corrected chi connectivity index (χ1v) is 41.1. The van der Waals surface area contributed by atoms with Crippen LogP contribution < -0.4 is 51.2 Å². The number of ether oxygens (including phenoxy) is 3. The Bertz CT molecular complexity index is 3740. The van der Waals surface area contributed by atoms with Gasteiger partial charge in [0.1, 0.15) is 37.3 Å². The number of amides is 2. The van der Waals surface area contributed by atoms with Crippen molar-refractivity contribution in [2.75, 3.05) is 37.9 Å². The number of carboxylic acid groups (broad SMARTS) is 3. The van der Waals surface area contributed by atoms with E-state index in [1.807, 2.05) is 160 Å². The van der Waals surface area contributed by atoms with E-state index in [4.69, 9.17) is 19.3 Å². The number of nitrogens with zero attached hydrogens (tertiary/aromatic N) is 1. The zero-order chi connectivity index (χ0) is 78.0. The van der Waals surface area contributed by atoms with Crippen LogP contribution in [0.4, 0.5) is 17.1 Å². The van der Waals surface area contributed by atoms with Gasteiger partial charge in [0.15, 0.2) is 5.75 Å². The van der Waals surface area contributed by atoms with Crippen LogP contribution in [0.15, 0.2) is 123 Å². The Morgan fingerprint density at radius 3 is 1.54 bits per heavy atom. The minimum Gasteiger partial charge on any atom is -0.871 e. The second kappa shape index (κ2) is 50.4. The first-order valence-electron chi connectivity index (χ1n) is 29.3. The number of aliphatic carboxylic acids is 1. The lowest BCUT2D eigenvalue weighted by Crippen LogP contribution is -3.06. The van der Waals surface area contributed by atoms with Crippen LogP contribution in [-0.2, 0) is 38.2 Å². The third kappa shape index (κ3) is 42.2. The number of hydrogen-bond donors (Lipinski definition) is 7. The van der Waals surface area contributed by atoms with Crippen molar-refractivity contribution in [2.45, 2.75) is 98.3 Å². The zero-order valence-corrected chi connectivity index (χ0v) is 80.2. The molecular formula is C68H77I11N7O15+. The molecule has 0 aliphatic carbocycles. The molecule has 0 bridgehead atoms. The van der Waals surface area contributed by atoms with Crippen molar-refractivity contribution < 1.29 is 93.5 Å². The minimum absolute atomic E-state index is 0.0131. The van der Waals surface area contributed by atoms with E-state index in [0.717, 1.165) is 77.7 Å². The number of piperidine rings is 1. The van der Waals surface area contributed by atoms with Crippen molar-refractivity contribution >= 4 is 325 Å². The Labute approximate surface area is 739 Å². The molecule has 33 heteroatoms. The molecule has 101 heavy (non-hydrogen) atoms. The molecule has 1 aliphatic rings. The van der Waals surface area contributed by atoms with E-state index in [-0.39, 0.29) is 64.9 Å².